The van der Waals surface area contributed by atoms with Crippen molar-refractivity contribution in [2.24, 2.45) is 0 Å². The van der Waals surface area contributed by atoms with E-state index >= 15 is 0 Å². The molecule has 0 amide bonds. The van der Waals surface area contributed by atoms with Crippen LogP contribution in [0.15, 0.2) is 18.2 Å². The normalized spacial score (nSPS) is 11.9. The lowest BCUT2D eigenvalue weighted by Gasteiger charge is -2.19. The van der Waals surface area contributed by atoms with Gasteiger partial charge in [-0.1, -0.05) is 0 Å². The Hall–Kier alpha value is -1.71. The molecule has 15 heavy (non-hydrogen) atoms. The summed E-state index contributed by atoms with van der Waals surface area (Å²) in [4.78, 5) is 7.61. The number of nitrogens with one attached hydrogen (secondary N) is 2. The molecule has 1 heterocycles. The van der Waals surface area contributed by atoms with Gasteiger partial charge in [0, 0.05) is 11.2 Å². The summed E-state index contributed by atoms with van der Waals surface area (Å²) < 4.78 is 0. The molecule has 80 valence electrons. The third-order valence-corrected chi connectivity index (χ3v) is 2.00. The van der Waals surface area contributed by atoms with Crippen LogP contribution in [0.5, 0.6) is 0 Å². The van der Waals surface area contributed by atoms with Crippen LogP contribution < -0.4 is 11.1 Å². The van der Waals surface area contributed by atoms with E-state index in [-0.39, 0.29) is 5.54 Å². The van der Waals surface area contributed by atoms with Crippen LogP contribution in [-0.4, -0.2) is 15.5 Å². The summed E-state index contributed by atoms with van der Waals surface area (Å²) in [5.41, 5.74) is 8.32. The van der Waals surface area contributed by atoms with Crippen molar-refractivity contribution in [3.63, 3.8) is 0 Å². The number of H-pyrrole nitrogens is 1. The Kier molecular flexibility index (Phi) is 2.07. The first-order chi connectivity index (χ1) is 6.94. The first-order valence-electron chi connectivity index (χ1n) is 4.97. The lowest BCUT2D eigenvalue weighted by molar-refractivity contribution is 0.628. The molecule has 0 unspecified atom stereocenters. The molecule has 1 aromatic carbocycles. The maximum atomic E-state index is 5.69. The van der Waals surface area contributed by atoms with E-state index in [1.807, 2.05) is 18.2 Å². The molecule has 0 fully saturated rings. The van der Waals surface area contributed by atoms with Crippen LogP contribution in [0.1, 0.15) is 20.8 Å². The molecule has 0 spiro atoms. The second kappa shape index (κ2) is 3.15. The molecule has 0 bridgehead atoms. The minimum atomic E-state index is -0.000575. The fraction of sp³-hybridized carbons (Fsp3) is 0.364. The van der Waals surface area contributed by atoms with E-state index < -0.39 is 0 Å². The molecule has 0 radical (unpaired) electrons. The van der Waals surface area contributed by atoms with E-state index in [0.29, 0.717) is 0 Å². The Labute approximate surface area is 88.9 Å². The van der Waals surface area contributed by atoms with Crippen LogP contribution in [-0.2, 0) is 0 Å². The maximum Gasteiger partial charge on any atom is 0.201 e. The molecule has 0 saturated carbocycles. The molecule has 4 nitrogen and oxygen atoms in total. The third-order valence-electron chi connectivity index (χ3n) is 2.00. The van der Waals surface area contributed by atoms with Crippen molar-refractivity contribution in [1.82, 2.24) is 9.97 Å². The average Bonchev–Trinajstić information content (AvgIpc) is 2.42. The lowest BCUT2D eigenvalue weighted by Crippen LogP contribution is -2.26. The quantitative estimate of drug-likeness (QED) is 0.625. The Morgan fingerprint density at radius 3 is 2.73 bits per heavy atom. The maximum absolute atomic E-state index is 5.69. The van der Waals surface area contributed by atoms with Crippen LogP contribution in [0.2, 0.25) is 0 Å². The number of hydrogen-bond acceptors (Lipinski definition) is 3. The van der Waals surface area contributed by atoms with Crippen molar-refractivity contribution in [2.45, 2.75) is 26.3 Å². The number of rotatable bonds is 1. The summed E-state index contributed by atoms with van der Waals surface area (Å²) >= 11 is 0. The molecule has 0 atom stereocenters. The summed E-state index contributed by atoms with van der Waals surface area (Å²) in [6.07, 6.45) is 0. The van der Waals surface area contributed by atoms with Gasteiger partial charge >= 0.3 is 0 Å². The highest BCUT2D eigenvalue weighted by atomic mass is 15.1. The van der Waals surface area contributed by atoms with Gasteiger partial charge in [0.1, 0.15) is 0 Å². The second-order valence-electron chi connectivity index (χ2n) is 4.74. The molecule has 0 aliphatic carbocycles. The highest BCUT2D eigenvalue weighted by molar-refractivity contribution is 5.80. The molecular weight excluding hydrogens is 188 g/mol. The smallest absolute Gasteiger partial charge is 0.201 e. The van der Waals surface area contributed by atoms with E-state index in [1.54, 1.807) is 0 Å². The average molecular weight is 204 g/mol. The first-order valence-corrected chi connectivity index (χ1v) is 4.97. The summed E-state index contributed by atoms with van der Waals surface area (Å²) in [6, 6.07) is 5.65. The number of imidazole rings is 1. The minimum Gasteiger partial charge on any atom is -0.399 e. The van der Waals surface area contributed by atoms with Crippen molar-refractivity contribution in [3.05, 3.63) is 18.2 Å². The minimum absolute atomic E-state index is 0.000575. The number of nitrogens with zero attached hydrogens (tertiary/aromatic N) is 1. The molecule has 4 N–H and O–H groups in total. The van der Waals surface area contributed by atoms with Gasteiger partial charge in [-0.25, -0.2) is 4.98 Å². The number of hydrogen-bond donors (Lipinski definition) is 3. The van der Waals surface area contributed by atoms with E-state index in [0.717, 1.165) is 22.7 Å². The summed E-state index contributed by atoms with van der Waals surface area (Å²) in [6.45, 7) is 6.28. The standard InChI is InChI=1S/C11H16N4/c1-11(2,3)15-10-13-8-5-4-7(12)6-9(8)14-10/h4-6H,12H2,1-3H3,(H2,13,14,15). The first kappa shape index (κ1) is 9.83. The van der Waals surface area contributed by atoms with Gasteiger partial charge < -0.3 is 16.0 Å². The third kappa shape index (κ3) is 2.21. The van der Waals surface area contributed by atoms with E-state index in [1.165, 1.54) is 0 Å². The summed E-state index contributed by atoms with van der Waals surface area (Å²) in [5.74, 6) is 0.781. The number of nitrogen functional groups attached to an aromatic ring is 1. The fourth-order valence-corrected chi connectivity index (χ4v) is 1.44. The molecule has 2 rings (SSSR count). The van der Waals surface area contributed by atoms with E-state index in [9.17, 15) is 0 Å². The zero-order valence-corrected chi connectivity index (χ0v) is 9.26. The Bertz CT molecular complexity index is 479. The fourth-order valence-electron chi connectivity index (χ4n) is 1.44. The molecule has 1 aromatic heterocycles. The number of aromatic nitrogens is 2. The predicted octanol–water partition coefficient (Wildman–Crippen LogP) is 2.36. The molecule has 0 aliphatic heterocycles. The van der Waals surface area contributed by atoms with Crippen molar-refractivity contribution >= 4 is 22.7 Å². The molecule has 0 saturated heterocycles. The van der Waals surface area contributed by atoms with E-state index in [2.05, 4.69) is 36.1 Å². The van der Waals surface area contributed by atoms with Gasteiger partial charge in [0.2, 0.25) is 5.95 Å². The molecule has 4 heteroatoms. The summed E-state index contributed by atoms with van der Waals surface area (Å²) in [5, 5.41) is 3.28. The second-order valence-corrected chi connectivity index (χ2v) is 4.74. The van der Waals surface area contributed by atoms with Crippen LogP contribution >= 0.6 is 0 Å². The Morgan fingerprint density at radius 1 is 1.33 bits per heavy atom. The predicted molar refractivity (Wildman–Crippen MR) is 63.9 cm³/mol. The van der Waals surface area contributed by atoms with Crippen LogP contribution in [0.4, 0.5) is 11.6 Å². The number of nitrogens with two attached hydrogens (primary N) is 1. The van der Waals surface area contributed by atoms with Gasteiger partial charge in [0.25, 0.3) is 0 Å². The summed E-state index contributed by atoms with van der Waals surface area (Å²) in [7, 11) is 0. The van der Waals surface area contributed by atoms with Crippen LogP contribution in [0.3, 0.4) is 0 Å². The highest BCUT2D eigenvalue weighted by Gasteiger charge is 2.11. The number of benzene rings is 1. The lowest BCUT2D eigenvalue weighted by atomic mass is 10.1. The SMILES string of the molecule is CC(C)(C)Nc1nc2ccc(N)cc2[nH]1. The largest absolute Gasteiger partial charge is 0.399 e. The zero-order chi connectivity index (χ0) is 11.1. The topological polar surface area (TPSA) is 66.7 Å². The van der Waals surface area contributed by atoms with Gasteiger partial charge in [0.15, 0.2) is 0 Å². The number of fused-ring (bicyclic) bond motifs is 1. The number of anilines is 2. The van der Waals surface area contributed by atoms with Crippen LogP contribution in [0.25, 0.3) is 11.0 Å². The Balaban J connectivity index is 2.39. The van der Waals surface area contributed by atoms with Crippen LogP contribution in [0, 0.1) is 0 Å². The van der Waals surface area contributed by atoms with Gasteiger partial charge in [-0.3, -0.25) is 0 Å². The van der Waals surface area contributed by atoms with Gasteiger partial charge in [-0.05, 0) is 39.0 Å². The van der Waals surface area contributed by atoms with Crippen molar-refractivity contribution in [1.29, 1.82) is 0 Å². The number of aromatic amines is 1. The monoisotopic (exact) mass is 204 g/mol. The molecule has 2 aromatic rings. The Morgan fingerprint density at radius 2 is 2.07 bits per heavy atom. The highest BCUT2D eigenvalue weighted by Crippen LogP contribution is 2.19. The van der Waals surface area contributed by atoms with Crippen molar-refractivity contribution in [2.75, 3.05) is 11.1 Å². The van der Waals surface area contributed by atoms with Gasteiger partial charge in [0.05, 0.1) is 11.0 Å². The molecular formula is C11H16N4. The van der Waals surface area contributed by atoms with E-state index in [4.69, 9.17) is 5.73 Å². The van der Waals surface area contributed by atoms with Crippen molar-refractivity contribution in [3.8, 4) is 0 Å². The van der Waals surface area contributed by atoms with Gasteiger partial charge in [-0.15, -0.1) is 0 Å². The van der Waals surface area contributed by atoms with Gasteiger partial charge in [-0.2, -0.15) is 0 Å². The van der Waals surface area contributed by atoms with Crippen molar-refractivity contribution < 1.29 is 0 Å². The zero-order valence-electron chi connectivity index (χ0n) is 9.26. The molecule has 0 aliphatic rings.